The van der Waals surface area contributed by atoms with Crippen molar-refractivity contribution < 1.29 is 0 Å². The van der Waals surface area contributed by atoms with Crippen LogP contribution in [0.5, 0.6) is 0 Å². The van der Waals surface area contributed by atoms with Gasteiger partial charge in [0.25, 0.3) is 0 Å². The molecular weight excluding hydrogens is 777 g/mol. The lowest BCUT2D eigenvalue weighted by molar-refractivity contribution is 1.17. The molecule has 0 atom stereocenters. The highest BCUT2D eigenvalue weighted by atomic mass is 15.0. The lowest BCUT2D eigenvalue weighted by atomic mass is 10.0. The van der Waals surface area contributed by atoms with E-state index >= 15 is 0 Å². The van der Waals surface area contributed by atoms with Crippen molar-refractivity contribution in [3.8, 4) is 56.4 Å². The zero-order valence-electron chi connectivity index (χ0n) is 34.7. The van der Waals surface area contributed by atoms with Crippen molar-refractivity contribution in [3.63, 3.8) is 0 Å². The van der Waals surface area contributed by atoms with Crippen molar-refractivity contribution in [2.75, 3.05) is 0 Å². The molecule has 0 aliphatic heterocycles. The van der Waals surface area contributed by atoms with Gasteiger partial charge in [0, 0.05) is 49.6 Å². The van der Waals surface area contributed by atoms with Crippen molar-refractivity contribution >= 4 is 65.2 Å². The molecule has 0 bridgehead atoms. The van der Waals surface area contributed by atoms with E-state index in [1.165, 1.54) is 65.4 Å². The van der Waals surface area contributed by atoms with Gasteiger partial charge in [-0.25, -0.2) is 9.97 Å². The summed E-state index contributed by atoms with van der Waals surface area (Å²) in [6, 6.07) is 82.9. The Balaban J connectivity index is 0.916. The second kappa shape index (κ2) is 14.5. The summed E-state index contributed by atoms with van der Waals surface area (Å²) in [4.78, 5) is 10.4. The number of rotatable bonds is 6. The molecule has 0 saturated heterocycles. The Morgan fingerprint density at radius 1 is 0.250 bits per heavy atom. The average Bonchev–Trinajstić information content (AvgIpc) is 3.88. The first-order valence-corrected chi connectivity index (χ1v) is 21.8. The fraction of sp³-hybridized carbons (Fsp3) is 0. The normalized spacial score (nSPS) is 11.8. The number of hydrogen-bond donors (Lipinski definition) is 0. The van der Waals surface area contributed by atoms with Gasteiger partial charge in [0.15, 0.2) is 5.82 Å². The Bertz CT molecular complexity index is 3850. The van der Waals surface area contributed by atoms with Gasteiger partial charge in [-0.15, -0.1) is 0 Å². The summed E-state index contributed by atoms with van der Waals surface area (Å²) in [5.41, 5.74) is 14.2. The van der Waals surface area contributed by atoms with Crippen LogP contribution in [0.4, 0.5) is 0 Å². The molecule has 0 fully saturated rings. The standard InChI is InChI=1S/C60H38N4/c1-2-16-48(17-3-1)64-56-20-10-8-18-50(56)52-32-28-45(37-59(52)64)44-29-33-58-53(36-44)51-19-9-11-21-57(51)63(58)49-30-26-41(27-31-49)54-38-55(46-24-22-39-12-4-6-14-42(39)34-46)62-60(61-54)47-25-23-40-13-5-7-15-43(40)35-47/h1-38H. The van der Waals surface area contributed by atoms with Gasteiger partial charge < -0.3 is 9.13 Å². The van der Waals surface area contributed by atoms with Crippen molar-refractivity contribution in [1.82, 2.24) is 19.1 Å². The zero-order valence-corrected chi connectivity index (χ0v) is 34.7. The first kappa shape index (κ1) is 36.1. The lowest BCUT2D eigenvalue weighted by Crippen LogP contribution is -1.97. The number of benzene rings is 10. The summed E-state index contributed by atoms with van der Waals surface area (Å²) in [6.07, 6.45) is 0. The molecule has 0 aliphatic carbocycles. The molecule has 10 aromatic carbocycles. The highest BCUT2D eigenvalue weighted by Crippen LogP contribution is 2.39. The van der Waals surface area contributed by atoms with Crippen molar-refractivity contribution in [2.45, 2.75) is 0 Å². The van der Waals surface area contributed by atoms with Crippen molar-refractivity contribution in [1.29, 1.82) is 0 Å². The Morgan fingerprint density at radius 3 is 1.44 bits per heavy atom. The van der Waals surface area contributed by atoms with Gasteiger partial charge >= 0.3 is 0 Å². The van der Waals surface area contributed by atoms with Gasteiger partial charge in [-0.05, 0) is 105 Å². The number of fused-ring (bicyclic) bond motifs is 8. The van der Waals surface area contributed by atoms with Gasteiger partial charge in [0.1, 0.15) is 0 Å². The lowest BCUT2D eigenvalue weighted by Gasteiger charge is -2.12. The summed E-state index contributed by atoms with van der Waals surface area (Å²) < 4.78 is 4.77. The fourth-order valence-corrected chi connectivity index (χ4v) is 9.77. The second-order valence-corrected chi connectivity index (χ2v) is 16.6. The third kappa shape index (κ3) is 5.92. The van der Waals surface area contributed by atoms with E-state index in [9.17, 15) is 0 Å². The first-order chi connectivity index (χ1) is 31.7. The monoisotopic (exact) mass is 814 g/mol. The molecule has 4 nitrogen and oxygen atoms in total. The second-order valence-electron chi connectivity index (χ2n) is 16.6. The fourth-order valence-electron chi connectivity index (χ4n) is 9.77. The number of nitrogens with zero attached hydrogens (tertiary/aromatic N) is 4. The predicted octanol–water partition coefficient (Wildman–Crippen LogP) is 15.6. The molecule has 0 unspecified atom stereocenters. The molecule has 13 rings (SSSR count). The van der Waals surface area contributed by atoms with E-state index < -0.39 is 0 Å². The molecule has 0 N–H and O–H groups in total. The Labute approximate surface area is 369 Å². The maximum absolute atomic E-state index is 5.23. The highest BCUT2D eigenvalue weighted by molar-refractivity contribution is 6.12. The Kier molecular flexibility index (Phi) is 8.18. The number of para-hydroxylation sites is 3. The minimum atomic E-state index is 0.703. The number of hydrogen-bond acceptors (Lipinski definition) is 2. The van der Waals surface area contributed by atoms with Crippen LogP contribution < -0.4 is 0 Å². The Hall–Kier alpha value is -8.60. The van der Waals surface area contributed by atoms with Crippen LogP contribution in [0.1, 0.15) is 0 Å². The summed E-state index contributed by atoms with van der Waals surface area (Å²) >= 11 is 0. The first-order valence-electron chi connectivity index (χ1n) is 21.8. The van der Waals surface area contributed by atoms with E-state index in [0.29, 0.717) is 5.82 Å². The van der Waals surface area contributed by atoms with Crippen molar-refractivity contribution in [2.24, 2.45) is 0 Å². The average molecular weight is 815 g/mol. The molecule has 3 heterocycles. The predicted molar refractivity (Wildman–Crippen MR) is 267 cm³/mol. The zero-order chi connectivity index (χ0) is 42.1. The maximum atomic E-state index is 5.23. The molecule has 13 aromatic rings. The molecule has 0 aliphatic rings. The van der Waals surface area contributed by atoms with E-state index in [4.69, 9.17) is 9.97 Å². The summed E-state index contributed by atoms with van der Waals surface area (Å²) in [5, 5.41) is 9.69. The van der Waals surface area contributed by atoms with Crippen LogP contribution in [0, 0.1) is 0 Å². The van der Waals surface area contributed by atoms with Gasteiger partial charge in [-0.2, -0.15) is 0 Å². The quantitative estimate of drug-likeness (QED) is 0.168. The van der Waals surface area contributed by atoms with Crippen LogP contribution in [0.25, 0.3) is 122 Å². The molecule has 4 heteroatoms. The van der Waals surface area contributed by atoms with Gasteiger partial charge in [0.05, 0.1) is 33.5 Å². The van der Waals surface area contributed by atoms with Crippen LogP contribution >= 0.6 is 0 Å². The molecule has 0 saturated carbocycles. The molecule has 64 heavy (non-hydrogen) atoms. The highest BCUT2D eigenvalue weighted by Gasteiger charge is 2.17. The van der Waals surface area contributed by atoms with Gasteiger partial charge in [-0.3, -0.25) is 0 Å². The molecule has 0 radical (unpaired) electrons. The van der Waals surface area contributed by atoms with E-state index in [-0.39, 0.29) is 0 Å². The summed E-state index contributed by atoms with van der Waals surface area (Å²) in [5.74, 6) is 0.703. The maximum Gasteiger partial charge on any atom is 0.160 e. The summed E-state index contributed by atoms with van der Waals surface area (Å²) in [7, 11) is 0. The smallest absolute Gasteiger partial charge is 0.160 e. The van der Waals surface area contributed by atoms with Crippen LogP contribution in [-0.4, -0.2) is 19.1 Å². The van der Waals surface area contributed by atoms with Crippen molar-refractivity contribution in [3.05, 3.63) is 231 Å². The van der Waals surface area contributed by atoms with E-state index in [1.807, 2.05) is 0 Å². The van der Waals surface area contributed by atoms with Gasteiger partial charge in [-0.1, -0.05) is 158 Å². The molecule has 3 aromatic heterocycles. The SMILES string of the molecule is c1ccc(-n2c3ccccc3c3ccc(-c4ccc5c(c4)c4ccccc4n5-c4ccc(-c5cc(-c6ccc7ccccc7c6)nc(-c6ccc7ccccc7c6)n5)cc4)cc32)cc1. The topological polar surface area (TPSA) is 35.6 Å². The molecule has 0 amide bonds. The minimum Gasteiger partial charge on any atom is -0.309 e. The third-order valence-electron chi connectivity index (χ3n) is 12.9. The van der Waals surface area contributed by atoms with E-state index in [2.05, 4.69) is 240 Å². The van der Waals surface area contributed by atoms with Crippen LogP contribution in [0.2, 0.25) is 0 Å². The van der Waals surface area contributed by atoms with Crippen LogP contribution in [0.15, 0.2) is 231 Å². The third-order valence-corrected chi connectivity index (χ3v) is 12.9. The van der Waals surface area contributed by atoms with Crippen LogP contribution in [-0.2, 0) is 0 Å². The van der Waals surface area contributed by atoms with E-state index in [1.54, 1.807) is 0 Å². The number of aromatic nitrogens is 4. The molecular formula is C60H38N4. The van der Waals surface area contributed by atoms with Gasteiger partial charge in [0.2, 0.25) is 0 Å². The van der Waals surface area contributed by atoms with E-state index in [0.717, 1.165) is 50.4 Å². The Morgan fingerprint density at radius 2 is 0.719 bits per heavy atom. The largest absolute Gasteiger partial charge is 0.309 e. The molecule has 298 valence electrons. The minimum absolute atomic E-state index is 0.703. The summed E-state index contributed by atoms with van der Waals surface area (Å²) in [6.45, 7) is 0. The molecule has 0 spiro atoms. The van der Waals surface area contributed by atoms with Crippen LogP contribution in [0.3, 0.4) is 0 Å².